The molecular formula is C17H20BrN3OS. The summed E-state index contributed by atoms with van der Waals surface area (Å²) in [6, 6.07) is 7.65. The van der Waals surface area contributed by atoms with Crippen molar-refractivity contribution >= 4 is 33.2 Å². The van der Waals surface area contributed by atoms with E-state index < -0.39 is 5.54 Å². The van der Waals surface area contributed by atoms with Gasteiger partial charge in [0.2, 0.25) is 5.91 Å². The van der Waals surface area contributed by atoms with Crippen LogP contribution < -0.4 is 5.73 Å². The molecule has 1 aliphatic rings. The first kappa shape index (κ1) is 16.6. The number of nitrogens with zero attached hydrogens (tertiary/aromatic N) is 2. The fraction of sp³-hybridized carbons (Fsp3) is 0.412. The smallest absolute Gasteiger partial charge is 0.246 e. The van der Waals surface area contributed by atoms with Crippen molar-refractivity contribution in [3.05, 3.63) is 50.9 Å². The highest BCUT2D eigenvalue weighted by Gasteiger charge is 2.37. The van der Waals surface area contributed by atoms with Crippen LogP contribution >= 0.6 is 27.3 Å². The monoisotopic (exact) mass is 393 g/mol. The summed E-state index contributed by atoms with van der Waals surface area (Å²) in [6.45, 7) is 3.27. The van der Waals surface area contributed by atoms with Crippen LogP contribution in [-0.4, -0.2) is 28.9 Å². The highest BCUT2D eigenvalue weighted by molar-refractivity contribution is 9.10. The van der Waals surface area contributed by atoms with E-state index >= 15 is 0 Å². The van der Waals surface area contributed by atoms with Gasteiger partial charge in [-0.1, -0.05) is 28.1 Å². The molecule has 6 heteroatoms. The van der Waals surface area contributed by atoms with E-state index in [-0.39, 0.29) is 5.91 Å². The number of halogens is 1. The third-order valence-corrected chi connectivity index (χ3v) is 5.86. The molecule has 23 heavy (non-hydrogen) atoms. The molecule has 1 amide bonds. The molecule has 0 saturated carbocycles. The number of hydrogen-bond acceptors (Lipinski definition) is 4. The van der Waals surface area contributed by atoms with Crippen LogP contribution in [0.3, 0.4) is 0 Å². The third-order valence-electron chi connectivity index (χ3n) is 4.40. The van der Waals surface area contributed by atoms with Gasteiger partial charge in [-0.3, -0.25) is 4.79 Å². The van der Waals surface area contributed by atoms with Crippen LogP contribution in [0.25, 0.3) is 0 Å². The molecule has 1 aromatic carbocycles. The van der Waals surface area contributed by atoms with Gasteiger partial charge in [-0.05, 0) is 37.5 Å². The zero-order chi connectivity index (χ0) is 16.4. The number of piperidine rings is 1. The molecule has 1 saturated heterocycles. The zero-order valence-corrected chi connectivity index (χ0v) is 15.4. The number of benzene rings is 1. The quantitative estimate of drug-likeness (QED) is 0.867. The van der Waals surface area contributed by atoms with Gasteiger partial charge in [-0.2, -0.15) is 0 Å². The minimum atomic E-state index is -1.01. The Bertz CT molecular complexity index is 670. The molecule has 2 aromatic rings. The van der Waals surface area contributed by atoms with E-state index in [1.54, 1.807) is 18.3 Å². The first-order valence-electron chi connectivity index (χ1n) is 7.72. The Kier molecular flexibility index (Phi) is 4.85. The summed E-state index contributed by atoms with van der Waals surface area (Å²) in [4.78, 5) is 19.3. The number of nitrogens with two attached hydrogens (primary N) is 1. The van der Waals surface area contributed by atoms with Crippen molar-refractivity contribution in [3.63, 3.8) is 0 Å². The second-order valence-corrected chi connectivity index (χ2v) is 8.01. The van der Waals surface area contributed by atoms with Crippen LogP contribution in [0.4, 0.5) is 0 Å². The van der Waals surface area contributed by atoms with E-state index in [0.717, 1.165) is 34.4 Å². The van der Waals surface area contributed by atoms with E-state index in [9.17, 15) is 4.79 Å². The zero-order valence-electron chi connectivity index (χ0n) is 13.0. The SMILES string of the molecule is CC(N)(C(=O)N1CCCC(c2nccs2)C1)c1ccc(Br)cc1. The summed E-state index contributed by atoms with van der Waals surface area (Å²) in [6.07, 6.45) is 3.90. The van der Waals surface area contributed by atoms with E-state index in [2.05, 4.69) is 20.9 Å². The first-order valence-corrected chi connectivity index (χ1v) is 9.39. The molecule has 1 aromatic heterocycles. The number of rotatable bonds is 3. The summed E-state index contributed by atoms with van der Waals surface area (Å²) >= 11 is 5.08. The Labute approximate surface area is 148 Å². The van der Waals surface area contributed by atoms with Crippen molar-refractivity contribution in [1.29, 1.82) is 0 Å². The average molecular weight is 394 g/mol. The highest BCUT2D eigenvalue weighted by Crippen LogP contribution is 2.31. The Balaban J connectivity index is 1.77. The lowest BCUT2D eigenvalue weighted by molar-refractivity contribution is -0.138. The van der Waals surface area contributed by atoms with Gasteiger partial charge in [0.25, 0.3) is 0 Å². The molecule has 4 nitrogen and oxygen atoms in total. The van der Waals surface area contributed by atoms with Gasteiger partial charge in [0.1, 0.15) is 5.54 Å². The number of carbonyl (C=O) groups is 1. The number of amides is 1. The second-order valence-electron chi connectivity index (χ2n) is 6.17. The molecule has 3 rings (SSSR count). The van der Waals surface area contributed by atoms with Gasteiger partial charge in [0, 0.05) is 35.1 Å². The molecular weight excluding hydrogens is 374 g/mol. The van der Waals surface area contributed by atoms with Crippen molar-refractivity contribution in [2.45, 2.75) is 31.2 Å². The standard InChI is InChI=1S/C17H20BrN3OS/c1-17(19,13-4-6-14(18)7-5-13)16(22)21-9-2-3-12(11-21)15-20-8-10-23-15/h4-8,10,12H,2-3,9,11,19H2,1H3. The molecule has 1 fully saturated rings. The summed E-state index contributed by atoms with van der Waals surface area (Å²) in [5.41, 5.74) is 6.23. The second kappa shape index (κ2) is 6.71. The molecule has 0 bridgehead atoms. The summed E-state index contributed by atoms with van der Waals surface area (Å²) in [5, 5.41) is 3.11. The number of hydrogen-bond donors (Lipinski definition) is 1. The predicted molar refractivity (Wildman–Crippen MR) is 96.4 cm³/mol. The van der Waals surface area contributed by atoms with Crippen molar-refractivity contribution < 1.29 is 4.79 Å². The van der Waals surface area contributed by atoms with E-state index in [4.69, 9.17) is 5.73 Å². The largest absolute Gasteiger partial charge is 0.340 e. The van der Waals surface area contributed by atoms with Crippen LogP contribution in [-0.2, 0) is 10.3 Å². The average Bonchev–Trinajstić information content (AvgIpc) is 3.09. The van der Waals surface area contributed by atoms with E-state index in [1.165, 1.54) is 0 Å². The van der Waals surface area contributed by atoms with Gasteiger partial charge >= 0.3 is 0 Å². The summed E-state index contributed by atoms with van der Waals surface area (Å²) in [7, 11) is 0. The number of thiazole rings is 1. The maximum atomic E-state index is 13.0. The third kappa shape index (κ3) is 3.49. The Hall–Kier alpha value is -1.24. The van der Waals surface area contributed by atoms with Gasteiger partial charge in [0.15, 0.2) is 0 Å². The summed E-state index contributed by atoms with van der Waals surface area (Å²) < 4.78 is 0.978. The predicted octanol–water partition coefficient (Wildman–Crippen LogP) is 3.49. The molecule has 0 spiro atoms. The molecule has 2 atom stereocenters. The van der Waals surface area contributed by atoms with E-state index in [1.807, 2.05) is 40.7 Å². The normalized spacial score (nSPS) is 21.0. The van der Waals surface area contributed by atoms with Gasteiger partial charge in [-0.15, -0.1) is 11.3 Å². The van der Waals surface area contributed by atoms with Crippen molar-refractivity contribution in [2.24, 2.45) is 5.73 Å². The molecule has 2 heterocycles. The van der Waals surface area contributed by atoms with Crippen molar-refractivity contribution in [1.82, 2.24) is 9.88 Å². The number of likely N-dealkylation sites (tertiary alicyclic amines) is 1. The van der Waals surface area contributed by atoms with Crippen LogP contribution in [0.5, 0.6) is 0 Å². The van der Waals surface area contributed by atoms with Crippen LogP contribution in [0.15, 0.2) is 40.3 Å². The topological polar surface area (TPSA) is 59.2 Å². The highest BCUT2D eigenvalue weighted by atomic mass is 79.9. The molecule has 2 unspecified atom stereocenters. The molecule has 2 N–H and O–H groups in total. The van der Waals surface area contributed by atoms with Crippen LogP contribution in [0.1, 0.15) is 36.3 Å². The minimum absolute atomic E-state index is 0.0129. The lowest BCUT2D eigenvalue weighted by Gasteiger charge is -2.37. The van der Waals surface area contributed by atoms with Crippen molar-refractivity contribution in [3.8, 4) is 0 Å². The summed E-state index contributed by atoms with van der Waals surface area (Å²) in [5.74, 6) is 0.314. The minimum Gasteiger partial charge on any atom is -0.340 e. The molecule has 0 radical (unpaired) electrons. The maximum absolute atomic E-state index is 13.0. The van der Waals surface area contributed by atoms with E-state index in [0.29, 0.717) is 12.5 Å². The fourth-order valence-electron chi connectivity index (χ4n) is 3.05. The Morgan fingerprint density at radius 2 is 2.17 bits per heavy atom. The Morgan fingerprint density at radius 1 is 1.43 bits per heavy atom. The Morgan fingerprint density at radius 3 is 2.83 bits per heavy atom. The first-order chi connectivity index (χ1) is 11.0. The van der Waals surface area contributed by atoms with Crippen LogP contribution in [0, 0.1) is 0 Å². The van der Waals surface area contributed by atoms with Gasteiger partial charge in [-0.25, -0.2) is 4.98 Å². The van der Waals surface area contributed by atoms with Gasteiger partial charge in [0.05, 0.1) is 5.01 Å². The van der Waals surface area contributed by atoms with Crippen LogP contribution in [0.2, 0.25) is 0 Å². The number of carbonyl (C=O) groups excluding carboxylic acids is 1. The number of aromatic nitrogens is 1. The molecule has 0 aliphatic carbocycles. The fourth-order valence-corrected chi connectivity index (χ4v) is 4.08. The molecule has 122 valence electrons. The lowest BCUT2D eigenvalue weighted by atomic mass is 9.89. The lowest BCUT2D eigenvalue weighted by Crippen LogP contribution is -2.53. The van der Waals surface area contributed by atoms with Gasteiger partial charge < -0.3 is 10.6 Å². The van der Waals surface area contributed by atoms with Crippen molar-refractivity contribution in [2.75, 3.05) is 13.1 Å². The molecule has 1 aliphatic heterocycles. The maximum Gasteiger partial charge on any atom is 0.246 e.